The molecule has 36 heavy (non-hydrogen) atoms. The van der Waals surface area contributed by atoms with Gasteiger partial charge in [-0.1, -0.05) is 91.7 Å². The first-order chi connectivity index (χ1) is 17.6. The molecule has 0 fully saturated rings. The highest BCUT2D eigenvalue weighted by molar-refractivity contribution is 7.66. The molecule has 0 aromatic heterocycles. The van der Waals surface area contributed by atoms with Crippen molar-refractivity contribution in [1.82, 2.24) is 0 Å². The predicted molar refractivity (Wildman–Crippen MR) is 158 cm³/mol. The van der Waals surface area contributed by atoms with Crippen molar-refractivity contribution in [3.05, 3.63) is 95.6 Å². The molecule has 5 aromatic rings. The normalized spacial score (nSPS) is 14.8. The van der Waals surface area contributed by atoms with E-state index in [4.69, 9.17) is 4.74 Å². The molecule has 1 aliphatic heterocycles. The van der Waals surface area contributed by atoms with E-state index in [0.717, 1.165) is 12.1 Å². The minimum atomic E-state index is -0.310. The predicted octanol–water partition coefficient (Wildman–Crippen LogP) is 9.51. The topological polar surface area (TPSA) is 9.23 Å². The van der Waals surface area contributed by atoms with Gasteiger partial charge in [0, 0.05) is 5.30 Å². The van der Waals surface area contributed by atoms with Crippen molar-refractivity contribution in [3.63, 3.8) is 0 Å². The van der Waals surface area contributed by atoms with Crippen LogP contribution in [0.25, 0.3) is 43.8 Å². The van der Waals surface area contributed by atoms with Crippen molar-refractivity contribution in [3.8, 4) is 28.0 Å². The Hall–Kier alpha value is -3.15. The van der Waals surface area contributed by atoms with Gasteiger partial charge >= 0.3 is 0 Å². The van der Waals surface area contributed by atoms with E-state index >= 15 is 0 Å². The summed E-state index contributed by atoms with van der Waals surface area (Å²) in [4.78, 5) is 0. The molecule has 1 nitrogen and oxygen atoms in total. The van der Waals surface area contributed by atoms with Gasteiger partial charge in [0.1, 0.15) is 12.1 Å². The Kier molecular flexibility index (Phi) is 6.06. The van der Waals surface area contributed by atoms with Crippen LogP contribution in [0, 0.1) is 20.8 Å². The zero-order chi connectivity index (χ0) is 24.8. The molecule has 6 rings (SSSR count). The van der Waals surface area contributed by atoms with Crippen LogP contribution >= 0.6 is 7.92 Å². The molecule has 0 amide bonds. The second-order valence-corrected chi connectivity index (χ2v) is 12.4. The maximum Gasteiger partial charge on any atom is 0.128 e. The third-order valence-electron chi connectivity index (χ3n) is 7.60. The third kappa shape index (κ3) is 3.73. The number of unbranched alkanes of at least 4 members (excludes halogenated alkanes) is 1. The maximum absolute atomic E-state index is 6.26. The third-order valence-corrected chi connectivity index (χ3v) is 9.99. The minimum Gasteiger partial charge on any atom is -0.488 e. The van der Waals surface area contributed by atoms with Crippen molar-refractivity contribution in [1.29, 1.82) is 0 Å². The fraction of sp³-hybridized carbons (Fsp3) is 0.235. The average molecular weight is 489 g/mol. The van der Waals surface area contributed by atoms with Gasteiger partial charge in [-0.05, 0) is 102 Å². The van der Waals surface area contributed by atoms with Gasteiger partial charge in [0.25, 0.3) is 0 Å². The Morgan fingerprint density at radius 3 is 1.86 bits per heavy atom. The Bertz CT molecular complexity index is 1530. The summed E-state index contributed by atoms with van der Waals surface area (Å²) >= 11 is 0. The Morgan fingerprint density at radius 1 is 0.694 bits per heavy atom. The Labute approximate surface area is 215 Å². The van der Waals surface area contributed by atoms with Gasteiger partial charge < -0.3 is 4.74 Å². The molecule has 180 valence electrons. The molecule has 1 aliphatic rings. The van der Waals surface area contributed by atoms with E-state index in [2.05, 4.69) is 107 Å². The lowest BCUT2D eigenvalue weighted by atomic mass is 9.83. The molecule has 0 saturated heterocycles. The molecule has 0 radical (unpaired) electrons. The molecular weight excluding hydrogens is 455 g/mol. The number of rotatable bonds is 5. The van der Waals surface area contributed by atoms with Crippen LogP contribution in [-0.2, 0) is 0 Å². The standard InChI is InChI=1S/C34H33OP/c1-5-6-18-36-21-35-30-17-11-16-29(34(30)36)32-25-12-7-9-14-27(25)33(28-15-10-8-13-26(28)32)31-23(3)19-22(2)20-24(31)4/h7-17,19-20H,5-6,18,21H2,1-4H3/t36-/m0/s1. The van der Waals surface area contributed by atoms with E-state index in [1.165, 1.54) is 84.8 Å². The summed E-state index contributed by atoms with van der Waals surface area (Å²) in [5, 5.41) is 6.78. The van der Waals surface area contributed by atoms with Gasteiger partial charge in [-0.3, -0.25) is 0 Å². The molecule has 0 unspecified atom stereocenters. The zero-order valence-corrected chi connectivity index (χ0v) is 22.6. The van der Waals surface area contributed by atoms with Crippen LogP contribution in [0.2, 0.25) is 0 Å². The van der Waals surface area contributed by atoms with E-state index < -0.39 is 0 Å². The zero-order valence-electron chi connectivity index (χ0n) is 21.7. The van der Waals surface area contributed by atoms with E-state index in [0.29, 0.717) is 0 Å². The second kappa shape index (κ2) is 9.38. The van der Waals surface area contributed by atoms with E-state index in [1.54, 1.807) is 0 Å². The molecule has 1 atom stereocenters. The van der Waals surface area contributed by atoms with Crippen LogP contribution in [0.3, 0.4) is 0 Å². The van der Waals surface area contributed by atoms with Crippen molar-refractivity contribution < 1.29 is 4.74 Å². The number of hydrogen-bond acceptors (Lipinski definition) is 1. The maximum atomic E-state index is 6.26. The first kappa shape index (κ1) is 23.3. The molecular formula is C34H33OP. The molecule has 0 N–H and O–H groups in total. The van der Waals surface area contributed by atoms with Crippen molar-refractivity contribution in [2.24, 2.45) is 0 Å². The van der Waals surface area contributed by atoms with Crippen molar-refractivity contribution >= 4 is 34.8 Å². The highest BCUT2D eigenvalue weighted by atomic mass is 31.1. The Balaban J connectivity index is 1.73. The van der Waals surface area contributed by atoms with E-state index in [-0.39, 0.29) is 7.92 Å². The lowest BCUT2D eigenvalue weighted by Crippen LogP contribution is -2.05. The van der Waals surface area contributed by atoms with Crippen LogP contribution < -0.4 is 10.0 Å². The van der Waals surface area contributed by atoms with Crippen molar-refractivity contribution in [2.45, 2.75) is 40.5 Å². The smallest absolute Gasteiger partial charge is 0.128 e. The summed E-state index contributed by atoms with van der Waals surface area (Å²) in [6, 6.07) is 29.4. The number of ether oxygens (including phenoxy) is 1. The summed E-state index contributed by atoms with van der Waals surface area (Å²) in [7, 11) is -0.310. The van der Waals surface area contributed by atoms with Gasteiger partial charge in [-0.2, -0.15) is 0 Å². The summed E-state index contributed by atoms with van der Waals surface area (Å²) in [6.45, 7) is 9.00. The quantitative estimate of drug-likeness (QED) is 0.177. The van der Waals surface area contributed by atoms with Crippen LogP contribution in [0.1, 0.15) is 36.5 Å². The van der Waals surface area contributed by atoms with Gasteiger partial charge in [-0.15, -0.1) is 0 Å². The SMILES string of the molecule is CCCC[P@@]1COc2cccc(-c3c4ccccc4c(-c4c(C)cc(C)cc4C)c4ccccc34)c21. The van der Waals surface area contributed by atoms with Gasteiger partial charge in [-0.25, -0.2) is 0 Å². The summed E-state index contributed by atoms with van der Waals surface area (Å²) in [6.07, 6.45) is 4.59. The first-order valence-corrected chi connectivity index (χ1v) is 14.8. The summed E-state index contributed by atoms with van der Waals surface area (Å²) in [5.41, 5.74) is 9.45. The van der Waals surface area contributed by atoms with Crippen LogP contribution in [0.5, 0.6) is 5.75 Å². The minimum absolute atomic E-state index is 0.310. The molecule has 0 aliphatic carbocycles. The second-order valence-electron chi connectivity index (χ2n) is 10.2. The molecule has 0 saturated carbocycles. The lowest BCUT2D eigenvalue weighted by Gasteiger charge is -2.22. The fourth-order valence-electron chi connectivity index (χ4n) is 6.17. The van der Waals surface area contributed by atoms with Crippen molar-refractivity contribution in [2.75, 3.05) is 12.5 Å². The lowest BCUT2D eigenvalue weighted by molar-refractivity contribution is 0.402. The van der Waals surface area contributed by atoms with Crippen LogP contribution in [0.4, 0.5) is 0 Å². The number of benzene rings is 5. The van der Waals surface area contributed by atoms with E-state index in [9.17, 15) is 0 Å². The fourth-order valence-corrected chi connectivity index (χ4v) is 8.62. The molecule has 1 heterocycles. The molecule has 0 bridgehead atoms. The van der Waals surface area contributed by atoms with Gasteiger partial charge in [0.05, 0.1) is 0 Å². The van der Waals surface area contributed by atoms with Gasteiger partial charge in [0.15, 0.2) is 0 Å². The summed E-state index contributed by atoms with van der Waals surface area (Å²) in [5.74, 6) is 1.09. The number of fused-ring (bicyclic) bond motifs is 3. The average Bonchev–Trinajstić information content (AvgIpc) is 3.30. The van der Waals surface area contributed by atoms with Crippen LogP contribution in [-0.4, -0.2) is 12.5 Å². The van der Waals surface area contributed by atoms with Gasteiger partial charge in [0.2, 0.25) is 0 Å². The molecule has 2 heteroatoms. The highest BCUT2D eigenvalue weighted by Crippen LogP contribution is 2.51. The summed E-state index contributed by atoms with van der Waals surface area (Å²) < 4.78 is 6.26. The molecule has 5 aromatic carbocycles. The number of aryl methyl sites for hydroxylation is 3. The van der Waals surface area contributed by atoms with Crippen LogP contribution in [0.15, 0.2) is 78.9 Å². The monoisotopic (exact) mass is 488 g/mol. The molecule has 0 spiro atoms. The Morgan fingerprint density at radius 2 is 1.28 bits per heavy atom. The van der Waals surface area contributed by atoms with E-state index in [1.807, 2.05) is 0 Å². The highest BCUT2D eigenvalue weighted by Gasteiger charge is 2.29. The first-order valence-electron chi connectivity index (χ1n) is 13.1. The number of hydrogen-bond donors (Lipinski definition) is 0. The largest absolute Gasteiger partial charge is 0.488 e.